The van der Waals surface area contributed by atoms with E-state index in [1.165, 1.54) is 0 Å². The van der Waals surface area contributed by atoms with E-state index < -0.39 is 46.8 Å². The number of nitrogens with two attached hydrogens (primary N) is 1. The zero-order valence-corrected chi connectivity index (χ0v) is 11.1. The molecule has 0 amide bonds. The van der Waals surface area contributed by atoms with Crippen LogP contribution in [0.25, 0.3) is 0 Å². The normalized spacial score (nSPS) is 13.9. The molecule has 0 bridgehead atoms. The number of esters is 1. The first kappa shape index (κ1) is 16.4. The van der Waals surface area contributed by atoms with Crippen molar-refractivity contribution in [3.05, 3.63) is 34.9 Å². The number of carbonyl (C=O) groups excluding carboxylic acids is 1. The summed E-state index contributed by atoms with van der Waals surface area (Å²) in [4.78, 5) is 11.2. The van der Waals surface area contributed by atoms with Crippen LogP contribution in [0.1, 0.15) is 31.2 Å². The summed E-state index contributed by atoms with van der Waals surface area (Å²) in [5.41, 5.74) is 4.92. The fourth-order valence-electron chi connectivity index (χ4n) is 2.00. The standard InChI is InChI=1S/C13H15F4NO2/c1-3-6(4-9(18)13(19)20-2)10-7(14)5-8(15)11(16)12(10)17/h5-6,9H,3-4,18H2,1-2H3. The molecule has 1 aromatic rings. The van der Waals surface area contributed by atoms with Crippen LogP contribution in [0.15, 0.2) is 6.07 Å². The zero-order valence-electron chi connectivity index (χ0n) is 11.1. The predicted molar refractivity (Wildman–Crippen MR) is 63.9 cm³/mol. The minimum absolute atomic E-state index is 0.137. The number of hydrogen-bond acceptors (Lipinski definition) is 3. The minimum Gasteiger partial charge on any atom is -0.468 e. The van der Waals surface area contributed by atoms with Gasteiger partial charge in [0.05, 0.1) is 7.11 Å². The summed E-state index contributed by atoms with van der Waals surface area (Å²) in [6.45, 7) is 1.59. The molecule has 2 unspecified atom stereocenters. The van der Waals surface area contributed by atoms with Gasteiger partial charge in [0.2, 0.25) is 0 Å². The summed E-state index contributed by atoms with van der Waals surface area (Å²) in [6.07, 6.45) is 0.0612. The number of ether oxygens (including phenoxy) is 1. The number of hydrogen-bond donors (Lipinski definition) is 1. The number of benzene rings is 1. The first-order valence-electron chi connectivity index (χ1n) is 5.99. The highest BCUT2D eigenvalue weighted by atomic mass is 19.2. The molecule has 0 saturated heterocycles. The molecule has 7 heteroatoms. The number of carbonyl (C=O) groups is 1. The van der Waals surface area contributed by atoms with Gasteiger partial charge in [0.15, 0.2) is 17.5 Å². The van der Waals surface area contributed by atoms with E-state index in [9.17, 15) is 22.4 Å². The van der Waals surface area contributed by atoms with E-state index in [2.05, 4.69) is 4.74 Å². The van der Waals surface area contributed by atoms with Gasteiger partial charge in [0.25, 0.3) is 0 Å². The Morgan fingerprint density at radius 1 is 1.25 bits per heavy atom. The molecule has 2 atom stereocenters. The highest BCUT2D eigenvalue weighted by Gasteiger charge is 2.28. The smallest absolute Gasteiger partial charge is 0.322 e. The fourth-order valence-corrected chi connectivity index (χ4v) is 2.00. The van der Waals surface area contributed by atoms with E-state index in [0.717, 1.165) is 7.11 Å². The lowest BCUT2D eigenvalue weighted by Gasteiger charge is -2.20. The first-order valence-corrected chi connectivity index (χ1v) is 5.99. The van der Waals surface area contributed by atoms with Gasteiger partial charge in [0, 0.05) is 11.6 Å². The molecule has 0 radical (unpaired) electrons. The summed E-state index contributed by atoms with van der Waals surface area (Å²) in [6, 6.07) is -0.822. The summed E-state index contributed by atoms with van der Waals surface area (Å²) in [5.74, 6) is -7.75. The third-order valence-corrected chi connectivity index (χ3v) is 3.09. The van der Waals surface area contributed by atoms with Crippen LogP contribution in [-0.2, 0) is 9.53 Å². The molecule has 0 saturated carbocycles. The largest absolute Gasteiger partial charge is 0.468 e. The van der Waals surface area contributed by atoms with E-state index in [0.29, 0.717) is 0 Å². The molecule has 0 aliphatic carbocycles. The molecule has 0 aromatic heterocycles. The molecule has 0 aliphatic rings. The van der Waals surface area contributed by atoms with E-state index in [4.69, 9.17) is 5.73 Å². The topological polar surface area (TPSA) is 52.3 Å². The van der Waals surface area contributed by atoms with E-state index in [-0.39, 0.29) is 18.9 Å². The first-order chi connectivity index (χ1) is 9.33. The Hall–Kier alpha value is -1.63. The quantitative estimate of drug-likeness (QED) is 0.393. The summed E-state index contributed by atoms with van der Waals surface area (Å²) < 4.78 is 57.8. The Bertz CT molecular complexity index is 508. The number of rotatable bonds is 5. The van der Waals surface area contributed by atoms with Crippen molar-refractivity contribution in [3.8, 4) is 0 Å². The molecule has 0 fully saturated rings. The maximum absolute atomic E-state index is 13.7. The van der Waals surface area contributed by atoms with Crippen molar-refractivity contribution in [2.75, 3.05) is 7.11 Å². The van der Waals surface area contributed by atoms with Gasteiger partial charge < -0.3 is 10.5 Å². The van der Waals surface area contributed by atoms with Crippen LogP contribution < -0.4 is 5.73 Å². The van der Waals surface area contributed by atoms with Crippen molar-refractivity contribution in [3.63, 3.8) is 0 Å². The Labute approximate surface area is 113 Å². The van der Waals surface area contributed by atoms with Crippen molar-refractivity contribution >= 4 is 5.97 Å². The van der Waals surface area contributed by atoms with Crippen LogP contribution in [0.5, 0.6) is 0 Å². The summed E-state index contributed by atoms with van der Waals surface area (Å²) >= 11 is 0. The Morgan fingerprint density at radius 2 is 1.85 bits per heavy atom. The predicted octanol–water partition coefficient (Wildman–Crippen LogP) is 2.63. The van der Waals surface area contributed by atoms with Crippen LogP contribution in [0.3, 0.4) is 0 Å². The minimum atomic E-state index is -1.74. The van der Waals surface area contributed by atoms with E-state index in [1.54, 1.807) is 6.92 Å². The second-order valence-electron chi connectivity index (χ2n) is 4.35. The average molecular weight is 293 g/mol. The lowest BCUT2D eigenvalue weighted by atomic mass is 9.89. The molecular formula is C13H15F4NO2. The molecule has 0 spiro atoms. The Balaban J connectivity index is 3.13. The summed E-state index contributed by atoms with van der Waals surface area (Å²) in [5, 5.41) is 0. The lowest BCUT2D eigenvalue weighted by molar-refractivity contribution is -0.142. The third-order valence-electron chi connectivity index (χ3n) is 3.09. The van der Waals surface area contributed by atoms with Gasteiger partial charge in [-0.15, -0.1) is 0 Å². The van der Waals surface area contributed by atoms with Crippen molar-refractivity contribution in [1.29, 1.82) is 0 Å². The molecule has 0 aliphatic heterocycles. The van der Waals surface area contributed by atoms with Gasteiger partial charge in [0.1, 0.15) is 11.9 Å². The fraction of sp³-hybridized carbons (Fsp3) is 0.462. The van der Waals surface area contributed by atoms with Crippen molar-refractivity contribution < 1.29 is 27.1 Å². The Morgan fingerprint density at radius 3 is 2.35 bits per heavy atom. The summed E-state index contributed by atoms with van der Waals surface area (Å²) in [7, 11) is 1.13. The van der Waals surface area contributed by atoms with Gasteiger partial charge in [-0.05, 0) is 18.8 Å². The molecule has 1 aromatic carbocycles. The SMILES string of the molecule is CCC(CC(N)C(=O)OC)c1c(F)cc(F)c(F)c1F. The van der Waals surface area contributed by atoms with Crippen LogP contribution in [0.2, 0.25) is 0 Å². The van der Waals surface area contributed by atoms with Crippen molar-refractivity contribution in [2.45, 2.75) is 31.7 Å². The third kappa shape index (κ3) is 3.27. The highest BCUT2D eigenvalue weighted by molar-refractivity contribution is 5.75. The monoisotopic (exact) mass is 293 g/mol. The van der Waals surface area contributed by atoms with Crippen molar-refractivity contribution in [1.82, 2.24) is 0 Å². The molecule has 3 nitrogen and oxygen atoms in total. The molecule has 1 rings (SSSR count). The van der Waals surface area contributed by atoms with Crippen LogP contribution in [0, 0.1) is 23.3 Å². The second kappa shape index (κ2) is 6.69. The lowest BCUT2D eigenvalue weighted by Crippen LogP contribution is -2.33. The highest BCUT2D eigenvalue weighted by Crippen LogP contribution is 2.31. The number of halogens is 4. The van der Waals surface area contributed by atoms with Gasteiger partial charge >= 0.3 is 5.97 Å². The van der Waals surface area contributed by atoms with Crippen LogP contribution >= 0.6 is 0 Å². The molecular weight excluding hydrogens is 278 g/mol. The zero-order chi connectivity index (χ0) is 15.4. The molecule has 2 N–H and O–H groups in total. The van der Waals surface area contributed by atoms with Gasteiger partial charge in [-0.25, -0.2) is 17.6 Å². The van der Waals surface area contributed by atoms with Crippen LogP contribution in [0.4, 0.5) is 17.6 Å². The number of methoxy groups -OCH3 is 1. The van der Waals surface area contributed by atoms with Crippen LogP contribution in [-0.4, -0.2) is 19.1 Å². The van der Waals surface area contributed by atoms with Gasteiger partial charge in [-0.2, -0.15) is 0 Å². The molecule has 20 heavy (non-hydrogen) atoms. The van der Waals surface area contributed by atoms with E-state index >= 15 is 0 Å². The van der Waals surface area contributed by atoms with Crippen molar-refractivity contribution in [2.24, 2.45) is 5.73 Å². The molecule has 112 valence electrons. The van der Waals surface area contributed by atoms with Gasteiger partial charge in [-0.3, -0.25) is 4.79 Å². The van der Waals surface area contributed by atoms with Gasteiger partial charge in [-0.1, -0.05) is 6.92 Å². The molecule has 0 heterocycles. The second-order valence-corrected chi connectivity index (χ2v) is 4.35. The maximum Gasteiger partial charge on any atom is 0.322 e. The Kier molecular flexibility index (Phi) is 5.50. The van der Waals surface area contributed by atoms with E-state index in [1.807, 2.05) is 0 Å². The maximum atomic E-state index is 13.7. The average Bonchev–Trinajstić information content (AvgIpc) is 2.42.